The first kappa shape index (κ1) is 16.7. The quantitative estimate of drug-likeness (QED) is 0.887. The molecule has 1 saturated heterocycles. The number of imidazole rings is 1. The van der Waals surface area contributed by atoms with Gasteiger partial charge in [0.2, 0.25) is 5.91 Å². The van der Waals surface area contributed by atoms with E-state index in [1.807, 2.05) is 37.5 Å². The highest BCUT2D eigenvalue weighted by atomic mass is 16.5. The molecule has 0 radical (unpaired) electrons. The van der Waals surface area contributed by atoms with E-state index in [0.717, 1.165) is 37.2 Å². The van der Waals surface area contributed by atoms with Crippen LogP contribution in [0.15, 0.2) is 42.7 Å². The normalized spacial score (nSPS) is 16.7. The molecular formula is C19H25N3O2. The van der Waals surface area contributed by atoms with Gasteiger partial charge < -0.3 is 14.6 Å². The molecule has 128 valence electrons. The maximum absolute atomic E-state index is 12.6. The van der Waals surface area contributed by atoms with Crippen molar-refractivity contribution < 1.29 is 9.53 Å². The number of carbonyl (C=O) groups excluding carboxylic acids is 1. The van der Waals surface area contributed by atoms with Crippen molar-refractivity contribution in [3.05, 3.63) is 54.1 Å². The topological polar surface area (TPSA) is 56.2 Å². The zero-order valence-corrected chi connectivity index (χ0v) is 14.1. The number of nitrogens with zero attached hydrogens (tertiary/aromatic N) is 2. The highest BCUT2D eigenvalue weighted by molar-refractivity contribution is 5.79. The van der Waals surface area contributed by atoms with Gasteiger partial charge in [-0.15, -0.1) is 0 Å². The minimum Gasteiger partial charge on any atom is -0.381 e. The average Bonchev–Trinajstić information content (AvgIpc) is 3.05. The third-order valence-electron chi connectivity index (χ3n) is 4.69. The summed E-state index contributed by atoms with van der Waals surface area (Å²) in [6.45, 7) is 4.20. The lowest BCUT2D eigenvalue weighted by Crippen LogP contribution is -2.37. The number of ether oxygens (including phenoxy) is 1. The summed E-state index contributed by atoms with van der Waals surface area (Å²) in [7, 11) is 0. The Kier molecular flexibility index (Phi) is 5.64. The van der Waals surface area contributed by atoms with Gasteiger partial charge in [0.1, 0.15) is 5.82 Å². The molecule has 5 heteroatoms. The van der Waals surface area contributed by atoms with Crippen LogP contribution in [-0.4, -0.2) is 28.7 Å². The fourth-order valence-electron chi connectivity index (χ4n) is 3.17. The van der Waals surface area contributed by atoms with Gasteiger partial charge in [-0.2, -0.15) is 0 Å². The second kappa shape index (κ2) is 8.11. The SMILES string of the molecule is Cc1nccn1CC[C@@H](NC(=O)C1CCOCC1)c1ccccc1. The number of rotatable bonds is 6. The molecule has 2 heterocycles. The molecule has 0 saturated carbocycles. The van der Waals surface area contributed by atoms with Crippen molar-refractivity contribution >= 4 is 5.91 Å². The van der Waals surface area contributed by atoms with Gasteiger partial charge >= 0.3 is 0 Å². The molecule has 1 aliphatic heterocycles. The summed E-state index contributed by atoms with van der Waals surface area (Å²) in [6, 6.07) is 10.2. The van der Waals surface area contributed by atoms with Crippen LogP contribution in [0.1, 0.15) is 36.7 Å². The Balaban J connectivity index is 1.67. The zero-order valence-electron chi connectivity index (χ0n) is 14.1. The fourth-order valence-corrected chi connectivity index (χ4v) is 3.17. The summed E-state index contributed by atoms with van der Waals surface area (Å²) in [6.07, 6.45) is 6.27. The molecule has 1 N–H and O–H groups in total. The Morgan fingerprint density at radius 2 is 2.08 bits per heavy atom. The third kappa shape index (κ3) is 4.23. The van der Waals surface area contributed by atoms with Crippen molar-refractivity contribution in [2.75, 3.05) is 13.2 Å². The van der Waals surface area contributed by atoms with Gasteiger partial charge in [0.25, 0.3) is 0 Å². The smallest absolute Gasteiger partial charge is 0.223 e. The van der Waals surface area contributed by atoms with Gasteiger partial charge in [-0.3, -0.25) is 4.79 Å². The standard InChI is InChI=1S/C19H25N3O2/c1-15-20-10-12-22(15)11-7-18(16-5-3-2-4-6-16)21-19(23)17-8-13-24-14-9-17/h2-6,10,12,17-18H,7-9,11,13-14H2,1H3,(H,21,23)/t18-/m1/s1. The summed E-state index contributed by atoms with van der Waals surface area (Å²) in [5.41, 5.74) is 1.15. The van der Waals surface area contributed by atoms with Crippen LogP contribution in [0.4, 0.5) is 0 Å². The van der Waals surface area contributed by atoms with Crippen LogP contribution in [0.5, 0.6) is 0 Å². The van der Waals surface area contributed by atoms with E-state index in [0.29, 0.717) is 13.2 Å². The van der Waals surface area contributed by atoms with Gasteiger partial charge in [-0.05, 0) is 31.7 Å². The highest BCUT2D eigenvalue weighted by Gasteiger charge is 2.24. The predicted octanol–water partition coefficient (Wildman–Crippen LogP) is 2.87. The lowest BCUT2D eigenvalue weighted by molar-refractivity contribution is -0.128. The van der Waals surface area contributed by atoms with Crippen LogP contribution in [0.2, 0.25) is 0 Å². The summed E-state index contributed by atoms with van der Waals surface area (Å²) in [4.78, 5) is 16.9. The van der Waals surface area contributed by atoms with Gasteiger partial charge in [0.05, 0.1) is 6.04 Å². The van der Waals surface area contributed by atoms with E-state index in [1.165, 1.54) is 0 Å². The summed E-state index contributed by atoms with van der Waals surface area (Å²) in [5, 5.41) is 3.26. The van der Waals surface area contributed by atoms with E-state index < -0.39 is 0 Å². The van der Waals surface area contributed by atoms with Crippen molar-refractivity contribution in [3.63, 3.8) is 0 Å². The Labute approximate surface area is 143 Å². The van der Waals surface area contributed by atoms with Crippen LogP contribution in [-0.2, 0) is 16.1 Å². The molecule has 2 aromatic rings. The number of amides is 1. The van der Waals surface area contributed by atoms with Gasteiger partial charge in [-0.1, -0.05) is 30.3 Å². The van der Waals surface area contributed by atoms with E-state index in [9.17, 15) is 4.79 Å². The minimum absolute atomic E-state index is 0.0170. The average molecular weight is 327 g/mol. The number of nitrogens with one attached hydrogen (secondary N) is 1. The fraction of sp³-hybridized carbons (Fsp3) is 0.474. The first-order chi connectivity index (χ1) is 11.7. The number of hydrogen-bond donors (Lipinski definition) is 1. The lowest BCUT2D eigenvalue weighted by Gasteiger charge is -2.25. The highest BCUT2D eigenvalue weighted by Crippen LogP contribution is 2.21. The van der Waals surface area contributed by atoms with Crippen molar-refractivity contribution in [1.82, 2.24) is 14.9 Å². The van der Waals surface area contributed by atoms with Crippen molar-refractivity contribution in [3.8, 4) is 0 Å². The summed E-state index contributed by atoms with van der Waals surface area (Å²) in [5.74, 6) is 1.21. The Morgan fingerprint density at radius 3 is 2.75 bits per heavy atom. The molecule has 1 aromatic carbocycles. The van der Waals surface area contributed by atoms with Crippen molar-refractivity contribution in [2.24, 2.45) is 5.92 Å². The van der Waals surface area contributed by atoms with Gasteiger partial charge in [0.15, 0.2) is 0 Å². The molecule has 3 rings (SSSR count). The van der Waals surface area contributed by atoms with Crippen LogP contribution >= 0.6 is 0 Å². The third-order valence-corrected chi connectivity index (χ3v) is 4.69. The number of hydrogen-bond acceptors (Lipinski definition) is 3. The number of carbonyl (C=O) groups is 1. The molecule has 5 nitrogen and oxygen atoms in total. The second-order valence-electron chi connectivity index (χ2n) is 6.32. The molecule has 1 aromatic heterocycles. The van der Waals surface area contributed by atoms with Gasteiger partial charge in [-0.25, -0.2) is 4.98 Å². The molecule has 1 fully saturated rings. The molecule has 1 atom stereocenters. The van der Waals surface area contributed by atoms with Crippen molar-refractivity contribution in [2.45, 2.75) is 38.8 Å². The number of aryl methyl sites for hydroxylation is 2. The Hall–Kier alpha value is -2.14. The molecule has 1 aliphatic rings. The molecule has 24 heavy (non-hydrogen) atoms. The molecule has 0 spiro atoms. The van der Waals surface area contributed by atoms with Crippen LogP contribution < -0.4 is 5.32 Å². The van der Waals surface area contributed by atoms with Gasteiger partial charge in [0, 0.05) is 38.1 Å². The van der Waals surface area contributed by atoms with Crippen LogP contribution in [0.3, 0.4) is 0 Å². The Morgan fingerprint density at radius 1 is 1.33 bits per heavy atom. The van der Waals surface area contributed by atoms with E-state index in [4.69, 9.17) is 4.74 Å². The van der Waals surface area contributed by atoms with Crippen molar-refractivity contribution in [1.29, 1.82) is 0 Å². The summed E-state index contributed by atoms with van der Waals surface area (Å²) < 4.78 is 7.48. The largest absolute Gasteiger partial charge is 0.381 e. The lowest BCUT2D eigenvalue weighted by atomic mass is 9.97. The monoisotopic (exact) mass is 327 g/mol. The first-order valence-electron chi connectivity index (χ1n) is 8.65. The first-order valence-corrected chi connectivity index (χ1v) is 8.65. The molecule has 0 unspecified atom stereocenters. The molecule has 1 amide bonds. The Bertz CT molecular complexity index is 648. The predicted molar refractivity (Wildman–Crippen MR) is 92.4 cm³/mol. The minimum atomic E-state index is 0.0170. The van der Waals surface area contributed by atoms with Crippen LogP contribution in [0, 0.1) is 12.8 Å². The summed E-state index contributed by atoms with van der Waals surface area (Å²) >= 11 is 0. The molecular weight excluding hydrogens is 302 g/mol. The zero-order chi connectivity index (χ0) is 16.8. The van der Waals surface area contributed by atoms with E-state index in [2.05, 4.69) is 27.0 Å². The number of aromatic nitrogens is 2. The molecule has 0 bridgehead atoms. The van der Waals surface area contributed by atoms with E-state index in [1.54, 1.807) is 0 Å². The van der Waals surface area contributed by atoms with E-state index >= 15 is 0 Å². The van der Waals surface area contributed by atoms with Crippen LogP contribution in [0.25, 0.3) is 0 Å². The maximum atomic E-state index is 12.6. The number of benzene rings is 1. The maximum Gasteiger partial charge on any atom is 0.223 e. The van der Waals surface area contributed by atoms with E-state index in [-0.39, 0.29) is 17.9 Å². The second-order valence-corrected chi connectivity index (χ2v) is 6.32. The molecule has 0 aliphatic carbocycles.